The van der Waals surface area contributed by atoms with Crippen molar-refractivity contribution in [2.75, 3.05) is 50.1 Å². The smallest absolute Gasteiger partial charge is 0.247 e. The lowest BCUT2D eigenvalue weighted by molar-refractivity contribution is -0.111. The second kappa shape index (κ2) is 12.0. The summed E-state index contributed by atoms with van der Waals surface area (Å²) in [5, 5.41) is 6.84. The molecule has 0 saturated carbocycles. The topological polar surface area (TPSA) is 88.6 Å². The first-order valence-electron chi connectivity index (χ1n) is 12.8. The van der Waals surface area contributed by atoms with Crippen LogP contribution in [0, 0.1) is 12.7 Å². The molecule has 2 N–H and O–H groups in total. The number of aryl methyl sites for hydroxylation is 1. The Morgan fingerprint density at radius 1 is 1.15 bits per heavy atom. The number of nitrogens with zero attached hydrogens (tertiary/aromatic N) is 3. The molecule has 0 aliphatic carbocycles. The Morgan fingerprint density at radius 2 is 2.00 bits per heavy atom. The fraction of sp³-hybridized carbons (Fsp3) is 0.233. The van der Waals surface area contributed by atoms with Gasteiger partial charge in [0.1, 0.15) is 30.3 Å². The van der Waals surface area contributed by atoms with Gasteiger partial charge in [-0.05, 0) is 48.4 Å². The summed E-state index contributed by atoms with van der Waals surface area (Å²) in [5.74, 6) is 0.415. The third kappa shape index (κ3) is 6.39. The summed E-state index contributed by atoms with van der Waals surface area (Å²) in [6.45, 7) is 9.75. The van der Waals surface area contributed by atoms with Crippen molar-refractivity contribution in [1.29, 1.82) is 0 Å². The maximum Gasteiger partial charge on any atom is 0.247 e. The summed E-state index contributed by atoms with van der Waals surface area (Å²) < 4.78 is 26.1. The van der Waals surface area contributed by atoms with Gasteiger partial charge in [0.2, 0.25) is 5.91 Å². The highest BCUT2D eigenvalue weighted by atomic mass is 19.1. The number of hydrogen-bond acceptors (Lipinski definition) is 7. The van der Waals surface area contributed by atoms with Gasteiger partial charge < -0.3 is 20.1 Å². The molecule has 0 atom stereocenters. The predicted octanol–water partition coefficient (Wildman–Crippen LogP) is 5.32. The van der Waals surface area contributed by atoms with E-state index in [2.05, 4.69) is 32.1 Å². The number of rotatable bonds is 9. The number of anilines is 3. The van der Waals surface area contributed by atoms with Crippen LogP contribution < -0.4 is 15.4 Å². The van der Waals surface area contributed by atoms with Crippen LogP contribution in [0.3, 0.4) is 0 Å². The Hall–Kier alpha value is -4.34. The lowest BCUT2D eigenvalue weighted by Crippen LogP contribution is -2.38. The molecule has 0 bridgehead atoms. The summed E-state index contributed by atoms with van der Waals surface area (Å²) in [6.07, 6.45) is 2.67. The van der Waals surface area contributed by atoms with Crippen LogP contribution in [0.1, 0.15) is 5.56 Å². The van der Waals surface area contributed by atoms with Gasteiger partial charge >= 0.3 is 0 Å². The fourth-order valence-electron chi connectivity index (χ4n) is 4.45. The van der Waals surface area contributed by atoms with Crippen LogP contribution in [-0.2, 0) is 9.53 Å². The molecule has 2 heterocycles. The van der Waals surface area contributed by atoms with Crippen LogP contribution >= 0.6 is 0 Å². The second-order valence-electron chi connectivity index (χ2n) is 9.27. The number of ether oxygens (including phenoxy) is 2. The van der Waals surface area contributed by atoms with E-state index in [1.54, 1.807) is 18.2 Å². The third-order valence-corrected chi connectivity index (χ3v) is 6.51. The Kier molecular flexibility index (Phi) is 8.10. The summed E-state index contributed by atoms with van der Waals surface area (Å²) in [7, 11) is 0. The average Bonchev–Trinajstić information content (AvgIpc) is 2.94. The molecule has 3 aromatic carbocycles. The van der Waals surface area contributed by atoms with Gasteiger partial charge in [-0.15, -0.1) is 0 Å². The first-order valence-corrected chi connectivity index (χ1v) is 12.8. The minimum Gasteiger partial charge on any atom is -0.490 e. The molecule has 39 heavy (non-hydrogen) atoms. The summed E-state index contributed by atoms with van der Waals surface area (Å²) in [6, 6.07) is 16.2. The molecule has 0 radical (unpaired) electrons. The van der Waals surface area contributed by atoms with Gasteiger partial charge in [0.15, 0.2) is 0 Å². The van der Waals surface area contributed by atoms with E-state index < -0.39 is 0 Å². The molecule has 5 rings (SSSR count). The highest BCUT2D eigenvalue weighted by Crippen LogP contribution is 2.34. The molecule has 1 saturated heterocycles. The Labute approximate surface area is 226 Å². The lowest BCUT2D eigenvalue weighted by atomic mass is 10.0. The molecule has 1 aromatic heterocycles. The van der Waals surface area contributed by atoms with Crippen LogP contribution in [0.25, 0.3) is 22.0 Å². The van der Waals surface area contributed by atoms with Crippen molar-refractivity contribution >= 4 is 34.0 Å². The lowest BCUT2D eigenvalue weighted by Gasteiger charge is -2.26. The van der Waals surface area contributed by atoms with Gasteiger partial charge in [-0.25, -0.2) is 14.4 Å². The monoisotopic (exact) mass is 527 g/mol. The number of morpholine rings is 1. The van der Waals surface area contributed by atoms with Crippen molar-refractivity contribution in [1.82, 2.24) is 14.9 Å². The zero-order chi connectivity index (χ0) is 27.2. The van der Waals surface area contributed by atoms with Crippen LogP contribution in [0.5, 0.6) is 5.75 Å². The standard InChI is InChI=1S/C30H30FN5O3/c1-3-29(37)35-27-17-24-26(18-28(27)39-14-11-36-9-12-38-13-10-36)32-19-33-30(24)34-22-6-4-5-21(16-22)23-8-7-20(2)15-25(23)31/h3-8,15-19H,1,9-14H2,2H3,(H,35,37)(H,32,33,34). The Morgan fingerprint density at radius 3 is 2.79 bits per heavy atom. The van der Waals surface area contributed by atoms with E-state index in [1.165, 1.54) is 18.5 Å². The summed E-state index contributed by atoms with van der Waals surface area (Å²) in [5.41, 5.74) is 3.99. The van der Waals surface area contributed by atoms with Crippen molar-refractivity contribution in [2.45, 2.75) is 6.92 Å². The number of hydrogen-bond donors (Lipinski definition) is 2. The number of fused-ring (bicyclic) bond motifs is 1. The molecule has 9 heteroatoms. The van der Waals surface area contributed by atoms with Gasteiger partial charge in [-0.3, -0.25) is 9.69 Å². The molecule has 1 amide bonds. The van der Waals surface area contributed by atoms with Crippen molar-refractivity contribution in [3.05, 3.63) is 85.0 Å². The van der Waals surface area contributed by atoms with Crippen molar-refractivity contribution < 1.29 is 18.7 Å². The number of nitrogens with one attached hydrogen (secondary N) is 2. The van der Waals surface area contributed by atoms with Gasteiger partial charge in [0.25, 0.3) is 0 Å². The number of aromatic nitrogens is 2. The molecule has 0 spiro atoms. The van der Waals surface area contributed by atoms with Crippen LogP contribution in [0.4, 0.5) is 21.6 Å². The molecule has 4 aromatic rings. The minimum atomic E-state index is -0.355. The molecular formula is C30H30FN5O3. The Balaban J connectivity index is 1.43. The van der Waals surface area contributed by atoms with Gasteiger partial charge in [0, 0.05) is 42.3 Å². The number of halogens is 1. The van der Waals surface area contributed by atoms with Crippen LogP contribution in [-0.4, -0.2) is 60.2 Å². The van der Waals surface area contributed by atoms with E-state index in [-0.39, 0.29) is 11.7 Å². The van der Waals surface area contributed by atoms with E-state index in [9.17, 15) is 9.18 Å². The summed E-state index contributed by atoms with van der Waals surface area (Å²) >= 11 is 0. The highest BCUT2D eigenvalue weighted by molar-refractivity contribution is 6.03. The number of carbonyl (C=O) groups excluding carboxylic acids is 1. The maximum absolute atomic E-state index is 14.6. The fourth-order valence-corrected chi connectivity index (χ4v) is 4.45. The average molecular weight is 528 g/mol. The summed E-state index contributed by atoms with van der Waals surface area (Å²) in [4.78, 5) is 23.3. The quantitative estimate of drug-likeness (QED) is 0.285. The molecular weight excluding hydrogens is 497 g/mol. The minimum absolute atomic E-state index is 0.275. The number of carbonyl (C=O) groups is 1. The van der Waals surface area contributed by atoms with Crippen LogP contribution in [0.2, 0.25) is 0 Å². The third-order valence-electron chi connectivity index (χ3n) is 6.51. The molecule has 1 aliphatic rings. The molecule has 200 valence electrons. The van der Waals surface area contributed by atoms with Crippen molar-refractivity contribution in [2.24, 2.45) is 0 Å². The van der Waals surface area contributed by atoms with E-state index in [0.29, 0.717) is 53.5 Å². The van der Waals surface area contributed by atoms with E-state index >= 15 is 0 Å². The first-order chi connectivity index (χ1) is 19.0. The zero-order valence-corrected chi connectivity index (χ0v) is 21.7. The maximum atomic E-state index is 14.6. The first kappa shape index (κ1) is 26.3. The SMILES string of the molecule is C=CC(=O)Nc1cc2c(Nc3cccc(-c4ccc(C)cc4F)c3)ncnc2cc1OCCN1CCOCC1. The second-order valence-corrected chi connectivity index (χ2v) is 9.27. The highest BCUT2D eigenvalue weighted by Gasteiger charge is 2.15. The largest absolute Gasteiger partial charge is 0.490 e. The molecule has 1 aliphatic heterocycles. The Bertz CT molecular complexity index is 1500. The normalized spacial score (nSPS) is 13.7. The number of benzene rings is 3. The van der Waals surface area contributed by atoms with Gasteiger partial charge in [0.05, 0.1) is 24.4 Å². The molecule has 0 unspecified atom stereocenters. The van der Waals surface area contributed by atoms with Crippen LogP contribution in [0.15, 0.2) is 73.6 Å². The molecule has 1 fully saturated rings. The van der Waals surface area contributed by atoms with Gasteiger partial charge in [-0.1, -0.05) is 30.8 Å². The predicted molar refractivity (Wildman–Crippen MR) is 151 cm³/mol. The van der Waals surface area contributed by atoms with Crippen molar-refractivity contribution in [3.8, 4) is 16.9 Å². The van der Waals surface area contributed by atoms with E-state index in [0.717, 1.165) is 36.4 Å². The van der Waals surface area contributed by atoms with Crippen molar-refractivity contribution in [3.63, 3.8) is 0 Å². The van der Waals surface area contributed by atoms with E-state index in [1.807, 2.05) is 37.3 Å². The molecule has 8 nitrogen and oxygen atoms in total. The number of amides is 1. The van der Waals surface area contributed by atoms with E-state index in [4.69, 9.17) is 9.47 Å². The zero-order valence-electron chi connectivity index (χ0n) is 21.7. The van der Waals surface area contributed by atoms with Gasteiger partial charge in [-0.2, -0.15) is 0 Å².